The molecule has 114 valence electrons. The van der Waals surface area contributed by atoms with Crippen molar-refractivity contribution in [2.75, 3.05) is 6.16 Å². The second-order valence-corrected chi connectivity index (χ2v) is 7.66. The molecule has 0 aliphatic rings. The third-order valence-corrected chi connectivity index (χ3v) is 3.30. The van der Waals surface area contributed by atoms with Gasteiger partial charge in [-0.05, 0) is 5.41 Å². The van der Waals surface area contributed by atoms with E-state index >= 15 is 0 Å². The molecule has 0 bridgehead atoms. The van der Waals surface area contributed by atoms with E-state index in [1.165, 1.54) is 17.3 Å². The van der Waals surface area contributed by atoms with Gasteiger partial charge in [0.1, 0.15) is 12.7 Å². The van der Waals surface area contributed by atoms with Crippen molar-refractivity contribution >= 4 is 13.5 Å². The topological polar surface area (TPSA) is 117 Å². The van der Waals surface area contributed by atoms with E-state index in [2.05, 4.69) is 15.4 Å². The Kier molecular flexibility index (Phi) is 5.44. The van der Waals surface area contributed by atoms with Crippen molar-refractivity contribution in [3.63, 3.8) is 0 Å². The van der Waals surface area contributed by atoms with Crippen LogP contribution in [-0.2, 0) is 15.9 Å². The minimum Gasteiger partial charge on any atom is -0.351 e. The molecule has 0 radical (unpaired) electrons. The number of hydrogen-bond donors (Lipinski definition) is 3. The molecule has 20 heavy (non-hydrogen) atoms. The van der Waals surface area contributed by atoms with Crippen LogP contribution < -0.4 is 5.32 Å². The molecule has 1 unspecified atom stereocenters. The number of carbonyl (C=O) groups is 1. The number of hydrogen-bond acceptors (Lipinski definition) is 4. The number of nitrogens with one attached hydrogen (secondary N) is 1. The average Bonchev–Trinajstić information content (AvgIpc) is 2.63. The lowest BCUT2D eigenvalue weighted by Gasteiger charge is -2.22. The van der Waals surface area contributed by atoms with E-state index in [1.54, 1.807) is 0 Å². The van der Waals surface area contributed by atoms with Gasteiger partial charge < -0.3 is 15.1 Å². The van der Waals surface area contributed by atoms with Crippen molar-refractivity contribution in [3.8, 4) is 0 Å². The monoisotopic (exact) mass is 304 g/mol. The maximum atomic E-state index is 11.9. The first-order chi connectivity index (χ1) is 9.05. The number of amides is 1. The largest absolute Gasteiger partial charge is 0.351 e. The summed E-state index contributed by atoms with van der Waals surface area (Å²) in [6, 6.07) is -0.688. The van der Waals surface area contributed by atoms with Gasteiger partial charge in [0.2, 0.25) is 5.91 Å². The maximum absolute atomic E-state index is 11.9. The molecule has 0 fully saturated rings. The quantitative estimate of drug-likeness (QED) is 0.654. The summed E-state index contributed by atoms with van der Waals surface area (Å²) < 4.78 is 12.6. The molecule has 0 aliphatic heterocycles. The van der Waals surface area contributed by atoms with E-state index in [4.69, 9.17) is 9.79 Å². The Labute approximate surface area is 117 Å². The SMILES string of the molecule is CC(C)(C)CC(=O)NC(Cn1cncn1)CP(=O)(O)O. The highest BCUT2D eigenvalue weighted by atomic mass is 31.2. The van der Waals surface area contributed by atoms with Gasteiger partial charge in [0, 0.05) is 6.42 Å². The molecule has 0 saturated carbocycles. The van der Waals surface area contributed by atoms with Gasteiger partial charge in [0.25, 0.3) is 0 Å². The van der Waals surface area contributed by atoms with Crippen molar-refractivity contribution in [2.45, 2.75) is 39.8 Å². The van der Waals surface area contributed by atoms with Crippen molar-refractivity contribution in [2.24, 2.45) is 5.41 Å². The summed E-state index contributed by atoms with van der Waals surface area (Å²) in [5.41, 5.74) is -0.190. The van der Waals surface area contributed by atoms with E-state index in [0.717, 1.165) is 0 Å². The Bertz CT molecular complexity index is 477. The van der Waals surface area contributed by atoms with E-state index in [9.17, 15) is 9.36 Å². The standard InChI is InChI=1S/C11H21N4O4P/c1-11(2,3)4-10(16)14-9(6-20(17,18)19)5-15-8-12-7-13-15/h7-9H,4-6H2,1-3H3,(H,14,16)(H2,17,18,19). The zero-order valence-corrected chi connectivity index (χ0v) is 12.7. The number of aromatic nitrogens is 3. The van der Waals surface area contributed by atoms with Gasteiger partial charge in [-0.3, -0.25) is 14.0 Å². The van der Waals surface area contributed by atoms with Crippen LogP contribution in [0.25, 0.3) is 0 Å². The second-order valence-electron chi connectivity index (χ2n) is 5.97. The second kappa shape index (κ2) is 6.47. The van der Waals surface area contributed by atoms with Crippen LogP contribution >= 0.6 is 7.60 Å². The van der Waals surface area contributed by atoms with E-state index in [1.807, 2.05) is 20.8 Å². The minimum atomic E-state index is -4.22. The summed E-state index contributed by atoms with van der Waals surface area (Å²) in [5, 5.41) is 6.52. The Morgan fingerprint density at radius 2 is 2.10 bits per heavy atom. The van der Waals surface area contributed by atoms with Crippen molar-refractivity contribution in [1.29, 1.82) is 0 Å². The highest BCUT2D eigenvalue weighted by Gasteiger charge is 2.25. The van der Waals surface area contributed by atoms with Crippen molar-refractivity contribution in [3.05, 3.63) is 12.7 Å². The summed E-state index contributed by atoms with van der Waals surface area (Å²) in [6.45, 7) is 5.92. The Hall–Kier alpha value is -1.24. The summed E-state index contributed by atoms with van der Waals surface area (Å²) in [7, 11) is -4.22. The number of nitrogens with zero attached hydrogens (tertiary/aromatic N) is 3. The highest BCUT2D eigenvalue weighted by molar-refractivity contribution is 7.51. The van der Waals surface area contributed by atoms with Crippen LogP contribution in [0.2, 0.25) is 0 Å². The Balaban J connectivity index is 2.67. The molecule has 1 aromatic heterocycles. The summed E-state index contributed by atoms with van der Waals surface area (Å²) in [6.07, 6.45) is 2.61. The summed E-state index contributed by atoms with van der Waals surface area (Å²) in [5.74, 6) is -0.240. The van der Waals surface area contributed by atoms with Crippen LogP contribution in [0, 0.1) is 5.41 Å². The van der Waals surface area contributed by atoms with Gasteiger partial charge in [-0.2, -0.15) is 5.10 Å². The van der Waals surface area contributed by atoms with Gasteiger partial charge in [-0.25, -0.2) is 4.98 Å². The third-order valence-electron chi connectivity index (χ3n) is 2.39. The van der Waals surface area contributed by atoms with Crippen LogP contribution in [0.5, 0.6) is 0 Å². The molecule has 8 nitrogen and oxygen atoms in total. The molecule has 1 atom stereocenters. The molecule has 0 spiro atoms. The van der Waals surface area contributed by atoms with E-state index in [-0.39, 0.29) is 24.3 Å². The lowest BCUT2D eigenvalue weighted by Crippen LogP contribution is -2.41. The third kappa shape index (κ3) is 7.37. The fourth-order valence-corrected chi connectivity index (χ4v) is 2.53. The summed E-state index contributed by atoms with van der Waals surface area (Å²) in [4.78, 5) is 33.8. The lowest BCUT2D eigenvalue weighted by atomic mass is 9.92. The van der Waals surface area contributed by atoms with Crippen LogP contribution in [0.1, 0.15) is 27.2 Å². The fraction of sp³-hybridized carbons (Fsp3) is 0.727. The first-order valence-corrected chi connectivity index (χ1v) is 8.01. The van der Waals surface area contributed by atoms with Gasteiger partial charge in [0.15, 0.2) is 0 Å². The molecule has 0 aromatic carbocycles. The molecule has 3 N–H and O–H groups in total. The number of carbonyl (C=O) groups excluding carboxylic acids is 1. The zero-order valence-electron chi connectivity index (χ0n) is 11.9. The van der Waals surface area contributed by atoms with Gasteiger partial charge in [-0.1, -0.05) is 20.8 Å². The van der Waals surface area contributed by atoms with Crippen LogP contribution in [0.3, 0.4) is 0 Å². The Morgan fingerprint density at radius 1 is 1.45 bits per heavy atom. The Morgan fingerprint density at radius 3 is 2.55 bits per heavy atom. The molecular formula is C11H21N4O4P. The highest BCUT2D eigenvalue weighted by Crippen LogP contribution is 2.35. The molecule has 0 saturated heterocycles. The molecule has 1 aromatic rings. The molecular weight excluding hydrogens is 283 g/mol. The van der Waals surface area contributed by atoms with Crippen LogP contribution in [0.4, 0.5) is 0 Å². The van der Waals surface area contributed by atoms with Crippen molar-refractivity contribution in [1.82, 2.24) is 20.1 Å². The van der Waals surface area contributed by atoms with Gasteiger partial charge >= 0.3 is 7.60 Å². The average molecular weight is 304 g/mol. The molecule has 1 rings (SSSR count). The molecule has 1 amide bonds. The minimum absolute atomic E-state index is 0.168. The molecule has 0 aliphatic carbocycles. The summed E-state index contributed by atoms with van der Waals surface area (Å²) >= 11 is 0. The molecule has 1 heterocycles. The smallest absolute Gasteiger partial charge is 0.327 e. The first kappa shape index (κ1) is 16.8. The molecule has 9 heteroatoms. The van der Waals surface area contributed by atoms with Gasteiger partial charge in [0.05, 0.1) is 18.7 Å². The fourth-order valence-electron chi connectivity index (χ4n) is 1.75. The predicted octanol–water partition coefficient (Wildman–Crippen LogP) is 0.377. The maximum Gasteiger partial charge on any atom is 0.327 e. The van der Waals surface area contributed by atoms with E-state index < -0.39 is 19.8 Å². The first-order valence-electron chi connectivity index (χ1n) is 6.21. The predicted molar refractivity (Wildman–Crippen MR) is 72.9 cm³/mol. The van der Waals surface area contributed by atoms with Crippen LogP contribution in [0.15, 0.2) is 12.7 Å². The van der Waals surface area contributed by atoms with Crippen LogP contribution in [-0.4, -0.2) is 42.7 Å². The van der Waals surface area contributed by atoms with Crippen molar-refractivity contribution < 1.29 is 19.1 Å². The zero-order chi connectivity index (χ0) is 15.4. The van der Waals surface area contributed by atoms with Gasteiger partial charge in [-0.15, -0.1) is 0 Å². The lowest BCUT2D eigenvalue weighted by molar-refractivity contribution is -0.123. The number of rotatable bonds is 6. The normalized spacial score (nSPS) is 14.1. The van der Waals surface area contributed by atoms with E-state index in [0.29, 0.717) is 0 Å².